The van der Waals surface area contributed by atoms with Crippen LogP contribution in [0.3, 0.4) is 0 Å². The van der Waals surface area contributed by atoms with Crippen LogP contribution in [0.5, 0.6) is 0 Å². The van der Waals surface area contributed by atoms with Gasteiger partial charge in [0.2, 0.25) is 5.91 Å². The third-order valence-electron chi connectivity index (χ3n) is 2.95. The van der Waals surface area contributed by atoms with Gasteiger partial charge in [0.15, 0.2) is 0 Å². The molecule has 0 spiro atoms. The lowest BCUT2D eigenvalue weighted by Gasteiger charge is -2.15. The van der Waals surface area contributed by atoms with E-state index < -0.39 is 0 Å². The Morgan fingerprint density at radius 2 is 2.27 bits per heavy atom. The van der Waals surface area contributed by atoms with Gasteiger partial charge < -0.3 is 5.32 Å². The van der Waals surface area contributed by atoms with Crippen molar-refractivity contribution >= 4 is 5.91 Å². The van der Waals surface area contributed by atoms with Crippen LogP contribution in [0.4, 0.5) is 0 Å². The van der Waals surface area contributed by atoms with Crippen LogP contribution in [0.2, 0.25) is 0 Å². The summed E-state index contributed by atoms with van der Waals surface area (Å²) in [5, 5.41) is 3.04. The van der Waals surface area contributed by atoms with E-state index in [0.717, 1.165) is 18.8 Å². The molecule has 0 aromatic heterocycles. The summed E-state index contributed by atoms with van der Waals surface area (Å²) in [6, 6.07) is 0.495. The Balaban J connectivity index is 2.00. The molecule has 11 heavy (non-hydrogen) atoms. The van der Waals surface area contributed by atoms with Crippen molar-refractivity contribution in [3.8, 4) is 0 Å². The van der Waals surface area contributed by atoms with Crippen molar-refractivity contribution in [2.24, 2.45) is 11.8 Å². The van der Waals surface area contributed by atoms with Crippen LogP contribution < -0.4 is 5.32 Å². The maximum absolute atomic E-state index is 11.0. The Morgan fingerprint density at radius 3 is 2.82 bits per heavy atom. The number of hydrogen-bond donors (Lipinski definition) is 1. The van der Waals surface area contributed by atoms with Gasteiger partial charge in [-0.2, -0.15) is 0 Å². The molecule has 1 heterocycles. The molecule has 2 rings (SSSR count). The first kappa shape index (κ1) is 7.14. The maximum Gasteiger partial charge on any atom is 0.220 e. The third kappa shape index (κ3) is 1.26. The molecule has 1 aliphatic carbocycles. The van der Waals surface area contributed by atoms with Crippen LogP contribution >= 0.6 is 0 Å². The maximum atomic E-state index is 11.0. The van der Waals surface area contributed by atoms with Gasteiger partial charge in [0.25, 0.3) is 0 Å². The fourth-order valence-electron chi connectivity index (χ4n) is 2.15. The monoisotopic (exact) mass is 153 g/mol. The second kappa shape index (κ2) is 2.50. The first-order chi connectivity index (χ1) is 5.31. The molecule has 1 saturated heterocycles. The molecule has 0 radical (unpaired) electrons. The second-order valence-corrected chi connectivity index (χ2v) is 3.79. The van der Waals surface area contributed by atoms with Gasteiger partial charge in [-0.05, 0) is 31.1 Å². The van der Waals surface area contributed by atoms with E-state index in [9.17, 15) is 4.79 Å². The molecule has 0 bridgehead atoms. The number of hydrogen-bond acceptors (Lipinski definition) is 1. The van der Waals surface area contributed by atoms with Crippen LogP contribution in [0, 0.1) is 11.8 Å². The average Bonchev–Trinajstić information content (AvgIpc) is 2.75. The van der Waals surface area contributed by atoms with Gasteiger partial charge in [-0.15, -0.1) is 0 Å². The van der Waals surface area contributed by atoms with Crippen molar-refractivity contribution in [3.63, 3.8) is 0 Å². The van der Waals surface area contributed by atoms with Gasteiger partial charge in [0, 0.05) is 12.5 Å². The molecular formula is C9H15NO. The van der Waals surface area contributed by atoms with E-state index in [1.54, 1.807) is 0 Å². The first-order valence-corrected chi connectivity index (χ1v) is 4.60. The molecule has 2 heteroatoms. The second-order valence-electron chi connectivity index (χ2n) is 3.79. The zero-order chi connectivity index (χ0) is 7.84. The van der Waals surface area contributed by atoms with Gasteiger partial charge in [-0.1, -0.05) is 6.92 Å². The lowest BCUT2D eigenvalue weighted by Crippen LogP contribution is -2.28. The highest BCUT2D eigenvalue weighted by Gasteiger charge is 2.41. The topological polar surface area (TPSA) is 29.1 Å². The molecule has 2 unspecified atom stereocenters. The van der Waals surface area contributed by atoms with Crippen molar-refractivity contribution in [3.05, 3.63) is 0 Å². The van der Waals surface area contributed by atoms with Crippen LogP contribution in [0.25, 0.3) is 0 Å². The lowest BCUT2D eigenvalue weighted by molar-refractivity contribution is -0.119. The van der Waals surface area contributed by atoms with Crippen LogP contribution in [-0.2, 0) is 4.79 Å². The number of nitrogens with one attached hydrogen (secondary N) is 1. The van der Waals surface area contributed by atoms with E-state index >= 15 is 0 Å². The predicted octanol–water partition coefficient (Wildman–Crippen LogP) is 1.31. The largest absolute Gasteiger partial charge is 0.353 e. The lowest BCUT2D eigenvalue weighted by atomic mass is 9.94. The van der Waals surface area contributed by atoms with Crippen LogP contribution in [-0.4, -0.2) is 11.9 Å². The quantitative estimate of drug-likeness (QED) is 0.636. The zero-order valence-corrected chi connectivity index (χ0v) is 6.97. The van der Waals surface area contributed by atoms with E-state index in [0.29, 0.717) is 12.0 Å². The third-order valence-corrected chi connectivity index (χ3v) is 2.95. The number of carbonyl (C=O) groups excluding carboxylic acids is 1. The Bertz CT molecular complexity index is 174. The first-order valence-electron chi connectivity index (χ1n) is 4.60. The minimum absolute atomic E-state index is 0.272. The summed E-state index contributed by atoms with van der Waals surface area (Å²) >= 11 is 0. The van der Waals surface area contributed by atoms with Crippen molar-refractivity contribution in [1.29, 1.82) is 0 Å². The highest BCUT2D eigenvalue weighted by atomic mass is 16.2. The molecule has 1 saturated carbocycles. The van der Waals surface area contributed by atoms with Gasteiger partial charge >= 0.3 is 0 Å². The Hall–Kier alpha value is -0.530. The fourth-order valence-corrected chi connectivity index (χ4v) is 2.15. The summed E-state index contributed by atoms with van der Waals surface area (Å²) in [4.78, 5) is 11.0. The SMILES string of the molecule is CCC1NC(=O)CC1C1CC1. The molecule has 0 aromatic carbocycles. The number of rotatable bonds is 2. The van der Waals surface area contributed by atoms with E-state index in [1.165, 1.54) is 12.8 Å². The summed E-state index contributed by atoms with van der Waals surface area (Å²) < 4.78 is 0. The minimum Gasteiger partial charge on any atom is -0.353 e. The molecule has 2 fully saturated rings. The molecule has 2 aliphatic rings. The van der Waals surface area contributed by atoms with E-state index in [2.05, 4.69) is 12.2 Å². The van der Waals surface area contributed by atoms with E-state index in [1.807, 2.05) is 0 Å². The molecule has 1 N–H and O–H groups in total. The van der Waals surface area contributed by atoms with Crippen molar-refractivity contribution in [2.45, 2.75) is 38.6 Å². The molecule has 1 aliphatic heterocycles. The van der Waals surface area contributed by atoms with Crippen LogP contribution in [0.15, 0.2) is 0 Å². The van der Waals surface area contributed by atoms with Crippen molar-refractivity contribution in [1.82, 2.24) is 5.32 Å². The van der Waals surface area contributed by atoms with Crippen LogP contribution in [0.1, 0.15) is 32.6 Å². The molecule has 62 valence electrons. The highest BCUT2D eigenvalue weighted by molar-refractivity contribution is 5.79. The van der Waals surface area contributed by atoms with Crippen molar-refractivity contribution in [2.75, 3.05) is 0 Å². The molecule has 2 nitrogen and oxygen atoms in total. The normalized spacial score (nSPS) is 37.4. The zero-order valence-electron chi connectivity index (χ0n) is 6.97. The smallest absolute Gasteiger partial charge is 0.220 e. The highest BCUT2D eigenvalue weighted by Crippen LogP contribution is 2.42. The molecule has 0 aromatic rings. The average molecular weight is 153 g/mol. The summed E-state index contributed by atoms with van der Waals surface area (Å²) in [6.07, 6.45) is 4.61. The standard InChI is InChI=1S/C9H15NO/c1-2-8-7(6-3-4-6)5-9(11)10-8/h6-8H,2-5H2,1H3,(H,10,11). The van der Waals surface area contributed by atoms with E-state index in [4.69, 9.17) is 0 Å². The number of carbonyl (C=O) groups is 1. The molecular weight excluding hydrogens is 138 g/mol. The molecule has 2 atom stereocenters. The molecule has 1 amide bonds. The van der Waals surface area contributed by atoms with Crippen molar-refractivity contribution < 1.29 is 4.79 Å². The summed E-state index contributed by atoms with van der Waals surface area (Å²) in [5.41, 5.74) is 0. The Morgan fingerprint density at radius 1 is 1.55 bits per heavy atom. The van der Waals surface area contributed by atoms with Gasteiger partial charge in [-0.3, -0.25) is 4.79 Å². The van der Waals surface area contributed by atoms with Gasteiger partial charge in [-0.25, -0.2) is 0 Å². The fraction of sp³-hybridized carbons (Fsp3) is 0.889. The van der Waals surface area contributed by atoms with Gasteiger partial charge in [0.05, 0.1) is 0 Å². The summed E-state index contributed by atoms with van der Waals surface area (Å²) in [7, 11) is 0. The number of amides is 1. The van der Waals surface area contributed by atoms with Gasteiger partial charge in [0.1, 0.15) is 0 Å². The minimum atomic E-state index is 0.272. The summed E-state index contributed by atoms with van der Waals surface area (Å²) in [5.74, 6) is 1.82. The summed E-state index contributed by atoms with van der Waals surface area (Å²) in [6.45, 7) is 2.16. The van der Waals surface area contributed by atoms with E-state index in [-0.39, 0.29) is 5.91 Å². The Kier molecular flexibility index (Phi) is 1.63. The Labute approximate surface area is 67.4 Å². The predicted molar refractivity (Wildman–Crippen MR) is 43.1 cm³/mol.